The molecule has 0 bridgehead atoms. The molecule has 0 atom stereocenters. The van der Waals surface area contributed by atoms with Crippen LogP contribution in [0.2, 0.25) is 6.04 Å². The maximum Gasteiger partial charge on any atom is 0.0734 e. The Balaban J connectivity index is 2.02. The van der Waals surface area contributed by atoms with Crippen LogP contribution < -0.4 is 0 Å². The third-order valence-electron chi connectivity index (χ3n) is 5.19. The molecule has 0 aromatic carbocycles. The van der Waals surface area contributed by atoms with Crippen LogP contribution in [-0.4, -0.2) is 51.2 Å². The molecule has 0 saturated carbocycles. The largest absolute Gasteiger partial charge is 0.285 e. The van der Waals surface area contributed by atoms with Gasteiger partial charge in [-0.1, -0.05) is 19.4 Å². The lowest BCUT2D eigenvalue weighted by Gasteiger charge is -2.48. The Morgan fingerprint density at radius 2 is 1.58 bits per heavy atom. The minimum absolute atomic E-state index is 0.0289. The summed E-state index contributed by atoms with van der Waals surface area (Å²) < 4.78 is 0. The van der Waals surface area contributed by atoms with Crippen LogP contribution in [0.25, 0.3) is 0 Å². The third-order valence-corrected chi connectivity index (χ3v) is 6.51. The minimum Gasteiger partial charge on any atom is -0.285 e. The van der Waals surface area contributed by atoms with Crippen molar-refractivity contribution in [1.29, 1.82) is 0 Å². The molecular weight excluding hydrogens is 248 g/mol. The van der Waals surface area contributed by atoms with Crippen molar-refractivity contribution in [1.82, 2.24) is 9.80 Å². The van der Waals surface area contributed by atoms with E-state index in [1.54, 1.807) is 0 Å². The van der Waals surface area contributed by atoms with Gasteiger partial charge in [0.05, 0.1) is 5.66 Å². The molecule has 19 heavy (non-hydrogen) atoms. The molecular formula is C16H32N2Si. The Kier molecular flexibility index (Phi) is 6.11. The first-order chi connectivity index (χ1) is 9.33. The summed E-state index contributed by atoms with van der Waals surface area (Å²) in [6.45, 7) is 11.7. The Morgan fingerprint density at radius 1 is 1.05 bits per heavy atom. The molecule has 3 heteroatoms. The summed E-state index contributed by atoms with van der Waals surface area (Å²) in [6.07, 6.45) is 9.77. The monoisotopic (exact) mass is 280 g/mol. The van der Waals surface area contributed by atoms with Gasteiger partial charge in [-0.15, -0.1) is 12.3 Å². The van der Waals surface area contributed by atoms with Crippen LogP contribution in [0, 0.1) is 0 Å². The Morgan fingerprint density at radius 3 is 2.00 bits per heavy atom. The maximum atomic E-state index is 3.91. The smallest absolute Gasteiger partial charge is 0.0734 e. The maximum absolute atomic E-state index is 3.91. The van der Waals surface area contributed by atoms with Crippen LogP contribution in [0.3, 0.4) is 0 Å². The molecule has 2 nitrogen and oxygen atoms in total. The molecule has 0 radical (unpaired) electrons. The van der Waals surface area contributed by atoms with E-state index in [1.807, 2.05) is 0 Å². The molecule has 0 spiro atoms. The van der Waals surface area contributed by atoms with E-state index in [2.05, 4.69) is 29.0 Å². The molecule has 2 saturated heterocycles. The minimum atomic E-state index is 0.0289. The topological polar surface area (TPSA) is 6.48 Å². The number of nitrogens with zero attached hydrogens (tertiary/aromatic N) is 2. The fourth-order valence-corrected chi connectivity index (χ4v) is 4.93. The van der Waals surface area contributed by atoms with Crippen LogP contribution in [0.5, 0.6) is 0 Å². The van der Waals surface area contributed by atoms with Crippen LogP contribution in [0.15, 0.2) is 12.3 Å². The van der Waals surface area contributed by atoms with E-state index in [-0.39, 0.29) is 9.52 Å². The van der Waals surface area contributed by atoms with E-state index in [0.717, 1.165) is 0 Å². The van der Waals surface area contributed by atoms with Gasteiger partial charge in [0.2, 0.25) is 0 Å². The van der Waals surface area contributed by atoms with Gasteiger partial charge in [0, 0.05) is 9.52 Å². The Hall–Kier alpha value is -0.123. The van der Waals surface area contributed by atoms with Gasteiger partial charge < -0.3 is 0 Å². The molecule has 0 aromatic rings. The zero-order valence-corrected chi connectivity index (χ0v) is 14.3. The third kappa shape index (κ3) is 3.50. The van der Waals surface area contributed by atoms with Crippen LogP contribution in [0.4, 0.5) is 0 Å². The van der Waals surface area contributed by atoms with Gasteiger partial charge >= 0.3 is 0 Å². The molecule has 0 amide bonds. The summed E-state index contributed by atoms with van der Waals surface area (Å²) in [7, 11) is 0.0289. The van der Waals surface area contributed by atoms with Crippen LogP contribution >= 0.6 is 0 Å². The first-order valence-electron chi connectivity index (χ1n) is 8.44. The number of rotatable bonds is 8. The van der Waals surface area contributed by atoms with Gasteiger partial charge in [-0.3, -0.25) is 9.80 Å². The summed E-state index contributed by atoms with van der Waals surface area (Å²) in [6, 6.07) is 1.45. The van der Waals surface area contributed by atoms with E-state index in [4.69, 9.17) is 0 Å². The molecule has 110 valence electrons. The van der Waals surface area contributed by atoms with Gasteiger partial charge in [-0.2, -0.15) is 0 Å². The molecule has 2 aliphatic rings. The second-order valence-electron chi connectivity index (χ2n) is 6.26. The van der Waals surface area contributed by atoms with E-state index < -0.39 is 0 Å². The first kappa shape index (κ1) is 15.3. The van der Waals surface area contributed by atoms with Crippen molar-refractivity contribution in [3.05, 3.63) is 12.3 Å². The van der Waals surface area contributed by atoms with E-state index >= 15 is 0 Å². The second-order valence-corrected chi connectivity index (χ2v) is 8.12. The highest BCUT2D eigenvalue weighted by Crippen LogP contribution is 2.35. The predicted molar refractivity (Wildman–Crippen MR) is 87.4 cm³/mol. The average molecular weight is 281 g/mol. The van der Waals surface area contributed by atoms with Crippen molar-refractivity contribution in [3.8, 4) is 0 Å². The molecule has 0 unspecified atom stereocenters. The summed E-state index contributed by atoms with van der Waals surface area (Å²) >= 11 is 0. The highest BCUT2D eigenvalue weighted by molar-refractivity contribution is 6.41. The zero-order valence-electron chi connectivity index (χ0n) is 12.9. The lowest BCUT2D eigenvalue weighted by atomic mass is 9.96. The van der Waals surface area contributed by atoms with Gasteiger partial charge in [0.1, 0.15) is 0 Å². The molecule has 0 N–H and O–H groups in total. The highest BCUT2D eigenvalue weighted by Gasteiger charge is 2.41. The predicted octanol–water partition coefficient (Wildman–Crippen LogP) is 2.80. The SMILES string of the molecule is C=C[SiH2]CCCC(CC)(N1CCCC1)N1CCCC1. The fourth-order valence-electron chi connectivity index (χ4n) is 4.10. The summed E-state index contributed by atoms with van der Waals surface area (Å²) in [4.78, 5) is 5.65. The van der Waals surface area contributed by atoms with E-state index in [9.17, 15) is 0 Å². The van der Waals surface area contributed by atoms with Crippen molar-refractivity contribution < 1.29 is 0 Å². The van der Waals surface area contributed by atoms with Gasteiger partial charge in [-0.05, 0) is 64.7 Å². The summed E-state index contributed by atoms with van der Waals surface area (Å²) in [5.74, 6) is 0. The summed E-state index contributed by atoms with van der Waals surface area (Å²) in [5, 5.41) is 0. The average Bonchev–Trinajstić information content (AvgIpc) is 3.13. The van der Waals surface area contributed by atoms with Crippen molar-refractivity contribution in [2.45, 2.75) is 63.6 Å². The molecule has 0 aliphatic carbocycles. The summed E-state index contributed by atoms with van der Waals surface area (Å²) in [5.41, 5.74) is 2.61. The Bertz CT molecular complexity index is 252. The molecule has 2 aliphatic heterocycles. The quantitative estimate of drug-likeness (QED) is 0.498. The lowest BCUT2D eigenvalue weighted by molar-refractivity contribution is -0.0447. The van der Waals surface area contributed by atoms with Gasteiger partial charge in [0.15, 0.2) is 0 Å². The van der Waals surface area contributed by atoms with Crippen LogP contribution in [0.1, 0.15) is 51.9 Å². The number of hydrogen-bond donors (Lipinski definition) is 0. The number of hydrogen-bond acceptors (Lipinski definition) is 2. The van der Waals surface area contributed by atoms with Crippen molar-refractivity contribution in [2.75, 3.05) is 26.2 Å². The molecule has 2 fully saturated rings. The van der Waals surface area contributed by atoms with Crippen molar-refractivity contribution in [2.24, 2.45) is 0 Å². The van der Waals surface area contributed by atoms with E-state index in [1.165, 1.54) is 77.2 Å². The lowest BCUT2D eigenvalue weighted by Crippen LogP contribution is -2.58. The zero-order chi connectivity index (χ0) is 13.6. The molecule has 0 aromatic heterocycles. The number of likely N-dealkylation sites (tertiary alicyclic amines) is 2. The van der Waals surface area contributed by atoms with Crippen molar-refractivity contribution >= 4 is 9.52 Å². The Labute approximate surface area is 122 Å². The van der Waals surface area contributed by atoms with Crippen LogP contribution in [-0.2, 0) is 0 Å². The normalized spacial score (nSPS) is 22.8. The second kappa shape index (κ2) is 7.60. The standard InChI is InChI=1S/C16H32N2Si/c1-3-16(10-9-15-19-4-2,17-11-5-6-12-17)18-13-7-8-14-18/h4H,2-3,5-15,19H2,1H3. The van der Waals surface area contributed by atoms with E-state index in [0.29, 0.717) is 5.66 Å². The fraction of sp³-hybridized carbons (Fsp3) is 0.875. The highest BCUT2D eigenvalue weighted by atomic mass is 28.2. The first-order valence-corrected chi connectivity index (χ1v) is 10.3. The van der Waals surface area contributed by atoms with Gasteiger partial charge in [0.25, 0.3) is 0 Å². The van der Waals surface area contributed by atoms with Crippen molar-refractivity contribution in [3.63, 3.8) is 0 Å². The molecule has 2 heterocycles. The molecule has 2 rings (SSSR count). The van der Waals surface area contributed by atoms with Gasteiger partial charge in [-0.25, -0.2) is 0 Å².